The number of para-hydroxylation sites is 2. The highest BCUT2D eigenvalue weighted by Gasteiger charge is 2.32. The fourth-order valence-corrected chi connectivity index (χ4v) is 3.12. The molecule has 0 spiro atoms. The average Bonchev–Trinajstić information content (AvgIpc) is 2.58. The number of fused-ring (bicyclic) bond motifs is 1. The zero-order valence-corrected chi connectivity index (χ0v) is 16.1. The Labute approximate surface area is 154 Å². The van der Waals surface area contributed by atoms with Gasteiger partial charge in [-0.15, -0.1) is 0 Å². The Kier molecular flexibility index (Phi) is 4.89. The van der Waals surface area contributed by atoms with Crippen LogP contribution < -0.4 is 10.2 Å². The van der Waals surface area contributed by atoms with Crippen molar-refractivity contribution in [1.82, 2.24) is 14.9 Å². The molecule has 0 saturated carbocycles. The van der Waals surface area contributed by atoms with Crippen molar-refractivity contribution in [3.8, 4) is 0 Å². The first-order chi connectivity index (χ1) is 12.3. The number of hydrogen-bond acceptors (Lipinski definition) is 6. The first-order valence-electron chi connectivity index (χ1n) is 8.97. The smallest absolute Gasteiger partial charge is 0.410 e. The van der Waals surface area contributed by atoms with Crippen LogP contribution >= 0.6 is 0 Å². The van der Waals surface area contributed by atoms with Crippen molar-refractivity contribution in [1.29, 1.82) is 0 Å². The summed E-state index contributed by atoms with van der Waals surface area (Å²) < 4.78 is 5.52. The van der Waals surface area contributed by atoms with Crippen LogP contribution in [-0.4, -0.2) is 59.3 Å². The number of hydrogen-bond donors (Lipinski definition) is 1. The van der Waals surface area contributed by atoms with Gasteiger partial charge in [-0.25, -0.2) is 14.8 Å². The second kappa shape index (κ2) is 6.97. The van der Waals surface area contributed by atoms with E-state index in [1.54, 1.807) is 4.90 Å². The summed E-state index contributed by atoms with van der Waals surface area (Å²) in [6.07, 6.45) is -0.261. The summed E-state index contributed by atoms with van der Waals surface area (Å²) in [5.41, 5.74) is 1.24. The second-order valence-electron chi connectivity index (χ2n) is 7.60. The third-order valence-electron chi connectivity index (χ3n) is 4.34. The number of anilines is 2. The lowest BCUT2D eigenvalue weighted by Gasteiger charge is -2.41. The Morgan fingerprint density at radius 2 is 1.85 bits per heavy atom. The van der Waals surface area contributed by atoms with Gasteiger partial charge in [-0.1, -0.05) is 12.1 Å². The van der Waals surface area contributed by atoms with E-state index >= 15 is 0 Å². The molecule has 140 valence electrons. The van der Waals surface area contributed by atoms with Crippen LogP contribution in [0.3, 0.4) is 0 Å². The molecule has 7 nitrogen and oxygen atoms in total. The third kappa shape index (κ3) is 3.81. The van der Waals surface area contributed by atoms with Crippen molar-refractivity contribution in [3.63, 3.8) is 0 Å². The Bertz CT molecular complexity index is 802. The molecule has 7 heteroatoms. The normalized spacial score (nSPS) is 18.1. The minimum atomic E-state index is -0.489. The van der Waals surface area contributed by atoms with E-state index in [2.05, 4.69) is 15.2 Å². The maximum Gasteiger partial charge on any atom is 0.410 e. The monoisotopic (exact) mass is 357 g/mol. The van der Waals surface area contributed by atoms with Crippen molar-refractivity contribution >= 4 is 28.8 Å². The summed E-state index contributed by atoms with van der Waals surface area (Å²) in [6.45, 7) is 9.64. The molecule has 1 fully saturated rings. The lowest BCUT2D eigenvalue weighted by atomic mass is 10.2. The molecule has 1 aromatic carbocycles. The lowest BCUT2D eigenvalue weighted by molar-refractivity contribution is 0.0158. The quantitative estimate of drug-likeness (QED) is 0.890. The van der Waals surface area contributed by atoms with Gasteiger partial charge in [0.25, 0.3) is 0 Å². The van der Waals surface area contributed by atoms with Gasteiger partial charge in [-0.2, -0.15) is 0 Å². The van der Waals surface area contributed by atoms with Gasteiger partial charge < -0.3 is 19.9 Å². The SMILES string of the molecule is CNc1nc2ccccc2nc1N1CCN(C(=O)OC(C)(C)C)[C@H](C)C1. The van der Waals surface area contributed by atoms with Crippen LogP contribution in [0.25, 0.3) is 11.0 Å². The molecule has 2 heterocycles. The number of benzene rings is 1. The average molecular weight is 357 g/mol. The Balaban J connectivity index is 1.80. The van der Waals surface area contributed by atoms with E-state index < -0.39 is 5.60 Å². The standard InChI is InChI=1S/C19H27N5O2/c1-13-12-23(10-11-24(13)18(25)26-19(2,3)4)17-16(20-5)21-14-8-6-7-9-15(14)22-17/h6-9,13H,10-12H2,1-5H3,(H,20,21)/t13-/m1/s1. The minimum absolute atomic E-state index is 0.0246. The van der Waals surface area contributed by atoms with Gasteiger partial charge in [-0.05, 0) is 39.8 Å². The molecule has 1 N–H and O–H groups in total. The van der Waals surface area contributed by atoms with E-state index in [1.807, 2.05) is 59.0 Å². The molecule has 0 unspecified atom stereocenters. The zero-order valence-electron chi connectivity index (χ0n) is 16.1. The van der Waals surface area contributed by atoms with Gasteiger partial charge in [0.15, 0.2) is 11.6 Å². The van der Waals surface area contributed by atoms with Crippen LogP contribution in [0.5, 0.6) is 0 Å². The number of piperazine rings is 1. The Morgan fingerprint density at radius 1 is 1.19 bits per heavy atom. The van der Waals surface area contributed by atoms with Crippen LogP contribution in [0, 0.1) is 0 Å². The summed E-state index contributed by atoms with van der Waals surface area (Å²) in [7, 11) is 1.85. The highest BCUT2D eigenvalue weighted by atomic mass is 16.6. The van der Waals surface area contributed by atoms with E-state index in [1.165, 1.54) is 0 Å². The van der Waals surface area contributed by atoms with Crippen molar-refractivity contribution in [2.75, 3.05) is 36.9 Å². The summed E-state index contributed by atoms with van der Waals surface area (Å²) >= 11 is 0. The molecule has 2 aromatic rings. The molecule has 0 radical (unpaired) electrons. The van der Waals surface area contributed by atoms with Gasteiger partial charge in [0.1, 0.15) is 5.60 Å². The van der Waals surface area contributed by atoms with Gasteiger partial charge in [0, 0.05) is 32.7 Å². The number of rotatable bonds is 2. The fourth-order valence-electron chi connectivity index (χ4n) is 3.12. The molecule has 1 aromatic heterocycles. The second-order valence-corrected chi connectivity index (χ2v) is 7.60. The largest absolute Gasteiger partial charge is 0.444 e. The van der Waals surface area contributed by atoms with Crippen molar-refractivity contribution in [2.45, 2.75) is 39.3 Å². The van der Waals surface area contributed by atoms with Crippen molar-refractivity contribution in [2.24, 2.45) is 0 Å². The van der Waals surface area contributed by atoms with E-state index in [0.29, 0.717) is 19.6 Å². The number of nitrogens with zero attached hydrogens (tertiary/aromatic N) is 4. The maximum absolute atomic E-state index is 12.4. The third-order valence-corrected chi connectivity index (χ3v) is 4.34. The highest BCUT2D eigenvalue weighted by molar-refractivity contribution is 5.80. The van der Waals surface area contributed by atoms with E-state index in [0.717, 1.165) is 22.7 Å². The molecule has 0 bridgehead atoms. The summed E-state index contributed by atoms with van der Waals surface area (Å²) in [5, 5.41) is 3.14. The molecule has 1 amide bonds. The van der Waals surface area contributed by atoms with Gasteiger partial charge in [0.05, 0.1) is 11.0 Å². The van der Waals surface area contributed by atoms with Gasteiger partial charge >= 0.3 is 6.09 Å². The molecule has 26 heavy (non-hydrogen) atoms. The molecule has 0 aliphatic carbocycles. The summed E-state index contributed by atoms with van der Waals surface area (Å²) in [5.74, 6) is 1.57. The fraction of sp³-hybridized carbons (Fsp3) is 0.526. The number of amides is 1. The predicted octanol–water partition coefficient (Wildman–Crippen LogP) is 3.12. The Hall–Kier alpha value is -2.57. The van der Waals surface area contributed by atoms with Crippen LogP contribution in [0.1, 0.15) is 27.7 Å². The zero-order chi connectivity index (χ0) is 18.9. The lowest BCUT2D eigenvalue weighted by Crippen LogP contribution is -2.55. The van der Waals surface area contributed by atoms with E-state index in [4.69, 9.17) is 9.72 Å². The molecule has 1 atom stereocenters. The predicted molar refractivity (Wildman–Crippen MR) is 104 cm³/mol. The number of carbonyl (C=O) groups excluding carboxylic acids is 1. The number of carbonyl (C=O) groups is 1. The molecule has 1 aliphatic rings. The highest BCUT2D eigenvalue weighted by Crippen LogP contribution is 2.27. The first-order valence-corrected chi connectivity index (χ1v) is 8.97. The molecular formula is C19H27N5O2. The maximum atomic E-state index is 12.4. The Morgan fingerprint density at radius 3 is 2.42 bits per heavy atom. The summed E-state index contributed by atoms with van der Waals surface area (Å²) in [4.78, 5) is 25.9. The van der Waals surface area contributed by atoms with Crippen LogP contribution in [0.2, 0.25) is 0 Å². The number of nitrogens with one attached hydrogen (secondary N) is 1. The number of aromatic nitrogens is 2. The molecule has 3 rings (SSSR count). The topological polar surface area (TPSA) is 70.6 Å². The minimum Gasteiger partial charge on any atom is -0.444 e. The van der Waals surface area contributed by atoms with Crippen molar-refractivity contribution in [3.05, 3.63) is 24.3 Å². The van der Waals surface area contributed by atoms with Gasteiger partial charge in [-0.3, -0.25) is 0 Å². The van der Waals surface area contributed by atoms with Crippen LogP contribution in [-0.2, 0) is 4.74 Å². The van der Waals surface area contributed by atoms with E-state index in [-0.39, 0.29) is 12.1 Å². The summed E-state index contributed by atoms with van der Waals surface area (Å²) in [6, 6.07) is 7.86. The van der Waals surface area contributed by atoms with Crippen molar-refractivity contribution < 1.29 is 9.53 Å². The molecular weight excluding hydrogens is 330 g/mol. The molecule has 1 saturated heterocycles. The molecule has 1 aliphatic heterocycles. The van der Waals surface area contributed by atoms with Crippen LogP contribution in [0.4, 0.5) is 16.4 Å². The number of ether oxygens (including phenoxy) is 1. The van der Waals surface area contributed by atoms with E-state index in [9.17, 15) is 4.79 Å². The first kappa shape index (κ1) is 18.2. The van der Waals surface area contributed by atoms with Gasteiger partial charge in [0.2, 0.25) is 0 Å². The van der Waals surface area contributed by atoms with Crippen LogP contribution in [0.15, 0.2) is 24.3 Å².